The third-order valence-corrected chi connectivity index (χ3v) is 3.02. The Bertz CT molecular complexity index is 596. The molecule has 3 rings (SSSR count). The molecule has 0 saturated carbocycles. The van der Waals surface area contributed by atoms with Gasteiger partial charge >= 0.3 is 0 Å². The van der Waals surface area contributed by atoms with Gasteiger partial charge in [-0.3, -0.25) is 0 Å². The van der Waals surface area contributed by atoms with E-state index in [9.17, 15) is 0 Å². The molecule has 0 radical (unpaired) electrons. The number of benzene rings is 1. The first-order valence-corrected chi connectivity index (χ1v) is 6.19. The summed E-state index contributed by atoms with van der Waals surface area (Å²) < 4.78 is 5.61. The van der Waals surface area contributed by atoms with E-state index < -0.39 is 0 Å². The maximum absolute atomic E-state index is 9.09. The van der Waals surface area contributed by atoms with Crippen molar-refractivity contribution in [1.82, 2.24) is 4.98 Å². The highest BCUT2D eigenvalue weighted by atomic mass is 16.5. The molecule has 1 N–H and O–H groups in total. The number of hydrogen-bond donors (Lipinski definition) is 1. The Morgan fingerprint density at radius 1 is 1.11 bits per heavy atom. The molecule has 96 valence electrons. The summed E-state index contributed by atoms with van der Waals surface area (Å²) in [6, 6.07) is 15.5. The number of pyridine rings is 1. The molecule has 0 bridgehead atoms. The van der Waals surface area contributed by atoms with Crippen molar-refractivity contribution in [3.05, 3.63) is 65.5 Å². The van der Waals surface area contributed by atoms with E-state index in [4.69, 9.17) is 9.84 Å². The topological polar surface area (TPSA) is 54.7 Å². The first-order valence-electron chi connectivity index (χ1n) is 6.19. The van der Waals surface area contributed by atoms with Crippen molar-refractivity contribution in [3.63, 3.8) is 0 Å². The van der Waals surface area contributed by atoms with E-state index in [2.05, 4.69) is 9.98 Å². The van der Waals surface area contributed by atoms with Crippen LogP contribution < -0.4 is 0 Å². The van der Waals surface area contributed by atoms with E-state index in [1.807, 2.05) is 42.5 Å². The maximum atomic E-state index is 9.09. The second kappa shape index (κ2) is 5.20. The Balaban J connectivity index is 1.87. The standard InChI is InChI=1S/C15H14N2O2/c18-9-12-7-4-8-13(16-12)15-17-14(10-19-15)11-5-2-1-3-6-11/h1-8,14,18H,9-10H2/t14-/m0/s1. The van der Waals surface area contributed by atoms with E-state index >= 15 is 0 Å². The maximum Gasteiger partial charge on any atom is 0.236 e. The molecule has 19 heavy (non-hydrogen) atoms. The van der Waals surface area contributed by atoms with Gasteiger partial charge in [0, 0.05) is 0 Å². The summed E-state index contributed by atoms with van der Waals surface area (Å²) in [5.74, 6) is 0.546. The molecule has 0 aliphatic carbocycles. The number of aliphatic imine (C=N–C) groups is 1. The van der Waals surface area contributed by atoms with Crippen LogP contribution in [0, 0.1) is 0 Å². The van der Waals surface area contributed by atoms with E-state index in [0.717, 1.165) is 5.56 Å². The number of aromatic nitrogens is 1. The predicted molar refractivity (Wildman–Crippen MR) is 71.8 cm³/mol. The quantitative estimate of drug-likeness (QED) is 0.912. The molecule has 0 amide bonds. The average Bonchev–Trinajstić information content (AvgIpc) is 2.98. The molecule has 4 nitrogen and oxygen atoms in total. The van der Waals surface area contributed by atoms with Crippen molar-refractivity contribution in [2.75, 3.05) is 6.61 Å². The molecule has 0 fully saturated rings. The highest BCUT2D eigenvalue weighted by Gasteiger charge is 2.22. The predicted octanol–water partition coefficient (Wildman–Crippen LogP) is 2.09. The summed E-state index contributed by atoms with van der Waals surface area (Å²) >= 11 is 0. The molecule has 1 aromatic heterocycles. The average molecular weight is 254 g/mol. The highest BCUT2D eigenvalue weighted by molar-refractivity contribution is 5.93. The summed E-state index contributed by atoms with van der Waals surface area (Å²) in [6.45, 7) is 0.452. The van der Waals surface area contributed by atoms with Gasteiger partial charge in [0.15, 0.2) is 0 Å². The van der Waals surface area contributed by atoms with Crippen molar-refractivity contribution < 1.29 is 9.84 Å². The number of nitrogens with zero attached hydrogens (tertiary/aromatic N) is 2. The van der Waals surface area contributed by atoms with E-state index in [1.165, 1.54) is 0 Å². The number of hydrogen-bond acceptors (Lipinski definition) is 4. The molecule has 2 heterocycles. The van der Waals surface area contributed by atoms with Gasteiger partial charge in [-0.15, -0.1) is 0 Å². The molecule has 1 aromatic carbocycles. The fraction of sp³-hybridized carbons (Fsp3) is 0.200. The number of ether oxygens (including phenoxy) is 1. The van der Waals surface area contributed by atoms with Gasteiger partial charge in [-0.05, 0) is 17.7 Å². The smallest absolute Gasteiger partial charge is 0.236 e. The number of rotatable bonds is 3. The second-order valence-electron chi connectivity index (χ2n) is 4.34. The SMILES string of the molecule is OCc1cccc(C2=N[C@H](c3ccccc3)CO2)n1. The molecule has 0 unspecified atom stereocenters. The second-order valence-corrected chi connectivity index (χ2v) is 4.34. The fourth-order valence-corrected chi connectivity index (χ4v) is 2.05. The largest absolute Gasteiger partial charge is 0.474 e. The first kappa shape index (κ1) is 11.9. The van der Waals surface area contributed by atoms with Gasteiger partial charge in [0.1, 0.15) is 18.3 Å². The Labute approximate surface area is 111 Å². The van der Waals surface area contributed by atoms with Crippen molar-refractivity contribution in [2.24, 2.45) is 4.99 Å². The van der Waals surface area contributed by atoms with Crippen LogP contribution in [0.2, 0.25) is 0 Å². The zero-order chi connectivity index (χ0) is 13.1. The van der Waals surface area contributed by atoms with E-state index in [0.29, 0.717) is 23.9 Å². The van der Waals surface area contributed by atoms with Crippen LogP contribution in [0.5, 0.6) is 0 Å². The van der Waals surface area contributed by atoms with E-state index in [-0.39, 0.29) is 12.6 Å². The Morgan fingerprint density at radius 2 is 1.95 bits per heavy atom. The summed E-state index contributed by atoms with van der Waals surface area (Å²) in [6.07, 6.45) is 0. The van der Waals surface area contributed by atoms with Gasteiger partial charge in [0.2, 0.25) is 5.90 Å². The van der Waals surface area contributed by atoms with Gasteiger partial charge in [0.05, 0.1) is 12.3 Å². The molecule has 1 aliphatic rings. The molecule has 1 aliphatic heterocycles. The van der Waals surface area contributed by atoms with Gasteiger partial charge in [-0.2, -0.15) is 0 Å². The zero-order valence-corrected chi connectivity index (χ0v) is 10.4. The Hall–Kier alpha value is -2.20. The van der Waals surface area contributed by atoms with Crippen LogP contribution in [-0.2, 0) is 11.3 Å². The van der Waals surface area contributed by atoms with E-state index in [1.54, 1.807) is 6.07 Å². The van der Waals surface area contributed by atoms with Crippen LogP contribution >= 0.6 is 0 Å². The van der Waals surface area contributed by atoms with Crippen LogP contribution in [0.1, 0.15) is 23.0 Å². The molecule has 2 aromatic rings. The fourth-order valence-electron chi connectivity index (χ4n) is 2.05. The van der Waals surface area contributed by atoms with Crippen LogP contribution in [-0.4, -0.2) is 22.6 Å². The molecular weight excluding hydrogens is 240 g/mol. The summed E-state index contributed by atoms with van der Waals surface area (Å²) in [7, 11) is 0. The van der Waals surface area contributed by atoms with Gasteiger partial charge < -0.3 is 9.84 Å². The minimum absolute atomic E-state index is 0.0239. The summed E-state index contributed by atoms with van der Waals surface area (Å²) in [5.41, 5.74) is 2.42. The molecule has 0 spiro atoms. The van der Waals surface area contributed by atoms with Crippen molar-refractivity contribution in [1.29, 1.82) is 0 Å². The van der Waals surface area contributed by atoms with Crippen LogP contribution in [0.25, 0.3) is 0 Å². The van der Waals surface area contributed by atoms with Crippen molar-refractivity contribution >= 4 is 5.90 Å². The highest BCUT2D eigenvalue weighted by Crippen LogP contribution is 2.24. The normalized spacial score (nSPS) is 17.9. The lowest BCUT2D eigenvalue weighted by molar-refractivity contribution is 0.276. The number of aliphatic hydroxyl groups is 1. The summed E-state index contributed by atoms with van der Waals surface area (Å²) in [4.78, 5) is 8.85. The summed E-state index contributed by atoms with van der Waals surface area (Å²) in [5, 5.41) is 9.09. The molecular formula is C15H14N2O2. The minimum Gasteiger partial charge on any atom is -0.474 e. The molecule has 4 heteroatoms. The van der Waals surface area contributed by atoms with Crippen LogP contribution in [0.15, 0.2) is 53.5 Å². The number of aliphatic hydroxyl groups excluding tert-OH is 1. The zero-order valence-electron chi connectivity index (χ0n) is 10.4. The van der Waals surface area contributed by atoms with Gasteiger partial charge in [-0.1, -0.05) is 36.4 Å². The molecule has 0 saturated heterocycles. The third kappa shape index (κ3) is 2.48. The monoisotopic (exact) mass is 254 g/mol. The lowest BCUT2D eigenvalue weighted by Crippen LogP contribution is -2.05. The van der Waals surface area contributed by atoms with Crippen LogP contribution in [0.3, 0.4) is 0 Å². The Morgan fingerprint density at radius 3 is 2.74 bits per heavy atom. The lowest BCUT2D eigenvalue weighted by Gasteiger charge is -2.03. The first-order chi connectivity index (χ1) is 9.36. The van der Waals surface area contributed by atoms with Crippen molar-refractivity contribution in [2.45, 2.75) is 12.6 Å². The van der Waals surface area contributed by atoms with Crippen molar-refractivity contribution in [3.8, 4) is 0 Å². The van der Waals surface area contributed by atoms with Gasteiger partial charge in [0.25, 0.3) is 0 Å². The lowest BCUT2D eigenvalue weighted by atomic mass is 10.1. The third-order valence-electron chi connectivity index (χ3n) is 3.02. The van der Waals surface area contributed by atoms with Crippen LogP contribution in [0.4, 0.5) is 0 Å². The minimum atomic E-state index is -0.0801. The molecule has 1 atom stereocenters. The Kier molecular flexibility index (Phi) is 3.25. The van der Waals surface area contributed by atoms with Gasteiger partial charge in [-0.25, -0.2) is 9.98 Å².